The molecule has 2 heterocycles. The van der Waals surface area contributed by atoms with Gasteiger partial charge in [-0.1, -0.05) is 0 Å². The first-order chi connectivity index (χ1) is 8.42. The molecule has 1 N–H and O–H groups in total. The van der Waals surface area contributed by atoms with Gasteiger partial charge in [0, 0.05) is 12.6 Å². The highest BCUT2D eigenvalue weighted by Crippen LogP contribution is 2.34. The zero-order valence-corrected chi connectivity index (χ0v) is 10.6. The Balaban J connectivity index is 2.10. The Labute approximate surface area is 105 Å². The molecule has 1 aromatic heterocycles. The SMILES string of the molecule is CC(c1ccc(F)cn1)N1CCC(C)(C(=O)O)C1. The molecule has 0 aliphatic carbocycles. The van der Waals surface area contributed by atoms with Crippen LogP contribution in [0, 0.1) is 11.2 Å². The van der Waals surface area contributed by atoms with Gasteiger partial charge in [-0.25, -0.2) is 4.39 Å². The van der Waals surface area contributed by atoms with Gasteiger partial charge in [0.25, 0.3) is 0 Å². The fourth-order valence-corrected chi connectivity index (χ4v) is 2.32. The molecule has 0 aromatic carbocycles. The largest absolute Gasteiger partial charge is 0.481 e. The van der Waals surface area contributed by atoms with E-state index in [1.807, 2.05) is 6.92 Å². The number of hydrogen-bond acceptors (Lipinski definition) is 3. The van der Waals surface area contributed by atoms with Crippen molar-refractivity contribution in [3.05, 3.63) is 29.8 Å². The summed E-state index contributed by atoms with van der Waals surface area (Å²) in [7, 11) is 0. The molecule has 1 fully saturated rings. The molecule has 2 rings (SSSR count). The molecule has 1 aliphatic heterocycles. The van der Waals surface area contributed by atoms with Crippen molar-refractivity contribution in [2.45, 2.75) is 26.3 Å². The summed E-state index contributed by atoms with van der Waals surface area (Å²) in [6.07, 6.45) is 1.83. The molecule has 98 valence electrons. The minimum Gasteiger partial charge on any atom is -0.481 e. The Bertz CT molecular complexity index is 449. The first-order valence-corrected chi connectivity index (χ1v) is 6.01. The third-order valence-electron chi connectivity index (χ3n) is 3.75. The number of rotatable bonds is 3. The van der Waals surface area contributed by atoms with Gasteiger partial charge in [0.1, 0.15) is 5.82 Å². The summed E-state index contributed by atoms with van der Waals surface area (Å²) in [5, 5.41) is 9.19. The van der Waals surface area contributed by atoms with Crippen molar-refractivity contribution >= 4 is 5.97 Å². The summed E-state index contributed by atoms with van der Waals surface area (Å²) in [5.74, 6) is -1.12. The van der Waals surface area contributed by atoms with Crippen LogP contribution in [0.25, 0.3) is 0 Å². The lowest BCUT2D eigenvalue weighted by Crippen LogP contribution is -2.33. The van der Waals surface area contributed by atoms with Crippen LogP contribution in [0.2, 0.25) is 0 Å². The van der Waals surface area contributed by atoms with Crippen LogP contribution in [0.3, 0.4) is 0 Å². The van der Waals surface area contributed by atoms with E-state index >= 15 is 0 Å². The van der Waals surface area contributed by atoms with E-state index in [2.05, 4.69) is 9.88 Å². The summed E-state index contributed by atoms with van der Waals surface area (Å²) in [6, 6.07) is 3.04. The molecule has 4 nitrogen and oxygen atoms in total. The van der Waals surface area contributed by atoms with Gasteiger partial charge in [-0.05, 0) is 38.9 Å². The summed E-state index contributed by atoms with van der Waals surface area (Å²) in [5.41, 5.74) is 0.0833. The van der Waals surface area contributed by atoms with Crippen LogP contribution in [-0.2, 0) is 4.79 Å². The van der Waals surface area contributed by atoms with Gasteiger partial charge >= 0.3 is 5.97 Å². The number of aromatic nitrogens is 1. The van der Waals surface area contributed by atoms with E-state index < -0.39 is 11.4 Å². The van der Waals surface area contributed by atoms with Gasteiger partial charge in [0.05, 0.1) is 17.3 Å². The van der Waals surface area contributed by atoms with Gasteiger partial charge < -0.3 is 5.11 Å². The number of aliphatic carboxylic acids is 1. The maximum Gasteiger partial charge on any atom is 0.310 e. The Hall–Kier alpha value is -1.49. The summed E-state index contributed by atoms with van der Waals surface area (Å²) >= 11 is 0. The minimum atomic E-state index is -0.760. The van der Waals surface area contributed by atoms with Crippen molar-refractivity contribution in [3.8, 4) is 0 Å². The van der Waals surface area contributed by atoms with Crippen molar-refractivity contribution < 1.29 is 14.3 Å². The van der Waals surface area contributed by atoms with Crippen LogP contribution in [0.15, 0.2) is 18.3 Å². The number of carboxylic acids is 1. The molecule has 5 heteroatoms. The molecule has 1 aromatic rings. The molecule has 18 heavy (non-hydrogen) atoms. The smallest absolute Gasteiger partial charge is 0.310 e. The summed E-state index contributed by atoms with van der Waals surface area (Å²) in [4.78, 5) is 17.3. The molecule has 1 saturated heterocycles. The van der Waals surface area contributed by atoms with E-state index in [1.165, 1.54) is 12.3 Å². The third kappa shape index (κ3) is 2.36. The highest BCUT2D eigenvalue weighted by molar-refractivity contribution is 5.74. The fourth-order valence-electron chi connectivity index (χ4n) is 2.32. The van der Waals surface area contributed by atoms with Gasteiger partial charge in [-0.15, -0.1) is 0 Å². The van der Waals surface area contributed by atoms with Crippen LogP contribution < -0.4 is 0 Å². The van der Waals surface area contributed by atoms with Crippen molar-refractivity contribution in [1.29, 1.82) is 0 Å². The molecule has 0 amide bonds. The zero-order valence-electron chi connectivity index (χ0n) is 10.6. The lowest BCUT2D eigenvalue weighted by Gasteiger charge is -2.25. The average Bonchev–Trinajstić information content (AvgIpc) is 2.73. The van der Waals surface area contributed by atoms with E-state index in [-0.39, 0.29) is 11.9 Å². The second-order valence-electron chi connectivity index (χ2n) is 5.16. The van der Waals surface area contributed by atoms with Gasteiger partial charge in [0.15, 0.2) is 0 Å². The Morgan fingerprint density at radius 1 is 1.61 bits per heavy atom. The summed E-state index contributed by atoms with van der Waals surface area (Å²) < 4.78 is 12.8. The van der Waals surface area contributed by atoms with Crippen molar-refractivity contribution in [2.75, 3.05) is 13.1 Å². The summed E-state index contributed by atoms with van der Waals surface area (Å²) in [6.45, 7) is 4.96. The zero-order chi connectivity index (χ0) is 13.3. The minimum absolute atomic E-state index is 0.00627. The van der Waals surface area contributed by atoms with Gasteiger partial charge in [-0.2, -0.15) is 0 Å². The third-order valence-corrected chi connectivity index (χ3v) is 3.75. The predicted molar refractivity (Wildman–Crippen MR) is 64.5 cm³/mol. The molecular formula is C13H17FN2O2. The van der Waals surface area contributed by atoms with Gasteiger partial charge in [-0.3, -0.25) is 14.7 Å². The topological polar surface area (TPSA) is 53.4 Å². The molecule has 2 unspecified atom stereocenters. The van der Waals surface area contributed by atoms with Crippen LogP contribution in [-0.4, -0.2) is 34.0 Å². The highest BCUT2D eigenvalue weighted by atomic mass is 19.1. The second-order valence-corrected chi connectivity index (χ2v) is 5.16. The molecule has 0 radical (unpaired) electrons. The van der Waals surface area contributed by atoms with E-state index in [1.54, 1.807) is 13.0 Å². The van der Waals surface area contributed by atoms with Crippen LogP contribution >= 0.6 is 0 Å². The number of halogens is 1. The van der Waals surface area contributed by atoms with Crippen LogP contribution in [0.5, 0.6) is 0 Å². The second kappa shape index (κ2) is 4.65. The Morgan fingerprint density at radius 3 is 2.83 bits per heavy atom. The maximum absolute atomic E-state index is 12.8. The first kappa shape index (κ1) is 13.0. The van der Waals surface area contributed by atoms with E-state index in [0.717, 1.165) is 12.2 Å². The van der Waals surface area contributed by atoms with E-state index in [4.69, 9.17) is 0 Å². The van der Waals surface area contributed by atoms with Gasteiger partial charge in [0.2, 0.25) is 0 Å². The number of pyridine rings is 1. The number of carbonyl (C=O) groups is 1. The number of nitrogens with zero attached hydrogens (tertiary/aromatic N) is 2. The quantitative estimate of drug-likeness (QED) is 0.894. The molecular weight excluding hydrogens is 235 g/mol. The van der Waals surface area contributed by atoms with Crippen LogP contribution in [0.1, 0.15) is 32.0 Å². The fraction of sp³-hybridized carbons (Fsp3) is 0.538. The Kier molecular flexibility index (Phi) is 3.34. The monoisotopic (exact) mass is 252 g/mol. The van der Waals surface area contributed by atoms with Crippen LogP contribution in [0.4, 0.5) is 4.39 Å². The highest BCUT2D eigenvalue weighted by Gasteiger charge is 2.42. The predicted octanol–water partition coefficient (Wildman–Crippen LogP) is 2.08. The first-order valence-electron chi connectivity index (χ1n) is 6.01. The average molecular weight is 252 g/mol. The van der Waals surface area contributed by atoms with Crippen molar-refractivity contribution in [2.24, 2.45) is 5.41 Å². The number of likely N-dealkylation sites (tertiary alicyclic amines) is 1. The lowest BCUT2D eigenvalue weighted by molar-refractivity contribution is -0.147. The molecule has 0 spiro atoms. The lowest BCUT2D eigenvalue weighted by atomic mass is 9.90. The number of carboxylic acid groups (broad SMARTS) is 1. The van der Waals surface area contributed by atoms with E-state index in [9.17, 15) is 14.3 Å². The molecule has 1 aliphatic rings. The maximum atomic E-state index is 12.8. The number of hydrogen-bond donors (Lipinski definition) is 1. The van der Waals surface area contributed by atoms with Crippen molar-refractivity contribution in [1.82, 2.24) is 9.88 Å². The van der Waals surface area contributed by atoms with Crippen molar-refractivity contribution in [3.63, 3.8) is 0 Å². The molecule has 0 saturated carbocycles. The molecule has 2 atom stereocenters. The Morgan fingerprint density at radius 2 is 2.33 bits per heavy atom. The molecule has 0 bridgehead atoms. The van der Waals surface area contributed by atoms with E-state index in [0.29, 0.717) is 13.0 Å². The normalized spacial score (nSPS) is 26.2. The standard InChI is InChI=1S/C13H17FN2O2/c1-9(11-4-3-10(14)7-15-11)16-6-5-13(2,8-16)12(17)18/h3-4,7,9H,5-6,8H2,1-2H3,(H,17,18).